The molecule has 2 aromatic carbocycles. The van der Waals surface area contributed by atoms with E-state index in [1.165, 1.54) is 12.1 Å². The second kappa shape index (κ2) is 6.39. The lowest BCUT2D eigenvalue weighted by Crippen LogP contribution is -2.19. The molecule has 0 amide bonds. The average molecular weight is 329 g/mol. The zero-order valence-corrected chi connectivity index (χ0v) is 12.8. The minimum Gasteiger partial charge on any atom is -0.332 e. The first-order valence-corrected chi connectivity index (χ1v) is 6.92. The topological polar surface area (TPSA) is 24.1 Å². The second-order valence-electron chi connectivity index (χ2n) is 4.12. The van der Waals surface area contributed by atoms with Crippen LogP contribution < -0.4 is 10.6 Å². The number of thiocarbonyl (C=S) groups is 1. The summed E-state index contributed by atoms with van der Waals surface area (Å²) in [6, 6.07) is 9.80. The van der Waals surface area contributed by atoms with Crippen LogP contribution in [0, 0.1) is 12.7 Å². The van der Waals surface area contributed by atoms with Crippen molar-refractivity contribution >= 4 is 51.9 Å². The Hall–Kier alpha value is -1.36. The van der Waals surface area contributed by atoms with Gasteiger partial charge >= 0.3 is 0 Å². The van der Waals surface area contributed by atoms with Gasteiger partial charge < -0.3 is 10.6 Å². The number of rotatable bonds is 2. The number of hydrogen-bond donors (Lipinski definition) is 2. The summed E-state index contributed by atoms with van der Waals surface area (Å²) in [6.45, 7) is 1.89. The molecule has 2 nitrogen and oxygen atoms in total. The molecular formula is C14H11Cl2FN2S. The van der Waals surface area contributed by atoms with Crippen molar-refractivity contribution in [3.63, 3.8) is 0 Å². The van der Waals surface area contributed by atoms with Crippen LogP contribution in [0.1, 0.15) is 5.56 Å². The molecule has 0 saturated heterocycles. The first kappa shape index (κ1) is 15.0. The Labute approximate surface area is 131 Å². The summed E-state index contributed by atoms with van der Waals surface area (Å²) in [6.07, 6.45) is 0. The molecule has 0 saturated carbocycles. The molecule has 0 unspecified atom stereocenters. The zero-order chi connectivity index (χ0) is 14.7. The van der Waals surface area contributed by atoms with Crippen LogP contribution in [0.15, 0.2) is 36.4 Å². The van der Waals surface area contributed by atoms with Crippen molar-refractivity contribution in [1.82, 2.24) is 0 Å². The highest BCUT2D eigenvalue weighted by molar-refractivity contribution is 7.80. The van der Waals surface area contributed by atoms with Crippen LogP contribution in [0.4, 0.5) is 15.8 Å². The van der Waals surface area contributed by atoms with Crippen molar-refractivity contribution < 1.29 is 4.39 Å². The number of halogens is 3. The van der Waals surface area contributed by atoms with E-state index < -0.39 is 5.82 Å². The summed E-state index contributed by atoms with van der Waals surface area (Å²) < 4.78 is 13.1. The predicted molar refractivity (Wildman–Crippen MR) is 87.4 cm³/mol. The van der Waals surface area contributed by atoms with Crippen LogP contribution in [0.2, 0.25) is 10.0 Å². The summed E-state index contributed by atoms with van der Waals surface area (Å²) in [5, 5.41) is 7.03. The summed E-state index contributed by atoms with van der Waals surface area (Å²) in [5.74, 6) is -0.471. The molecule has 2 aromatic rings. The Kier molecular flexibility index (Phi) is 4.81. The molecule has 0 spiro atoms. The minimum atomic E-state index is -0.471. The van der Waals surface area contributed by atoms with Gasteiger partial charge in [0.25, 0.3) is 0 Å². The van der Waals surface area contributed by atoms with E-state index in [1.807, 2.05) is 19.1 Å². The fourth-order valence-electron chi connectivity index (χ4n) is 1.60. The minimum absolute atomic E-state index is 0.0386. The summed E-state index contributed by atoms with van der Waals surface area (Å²) in [5.41, 5.74) is 2.31. The lowest BCUT2D eigenvalue weighted by molar-refractivity contribution is 0.628. The van der Waals surface area contributed by atoms with Crippen LogP contribution in [0.5, 0.6) is 0 Å². The molecule has 0 aliphatic heterocycles. The first-order valence-electron chi connectivity index (χ1n) is 5.75. The van der Waals surface area contributed by atoms with Crippen LogP contribution in [-0.2, 0) is 0 Å². The summed E-state index contributed by atoms with van der Waals surface area (Å²) >= 11 is 16.9. The quantitative estimate of drug-likeness (QED) is 0.736. The van der Waals surface area contributed by atoms with E-state index in [2.05, 4.69) is 10.6 Å². The number of benzene rings is 2. The monoisotopic (exact) mass is 328 g/mol. The van der Waals surface area contributed by atoms with Crippen LogP contribution in [0.25, 0.3) is 0 Å². The van der Waals surface area contributed by atoms with Crippen molar-refractivity contribution in [3.05, 3.63) is 57.8 Å². The largest absolute Gasteiger partial charge is 0.332 e. The van der Waals surface area contributed by atoms with Crippen LogP contribution >= 0.6 is 35.4 Å². The van der Waals surface area contributed by atoms with E-state index in [-0.39, 0.29) is 5.02 Å². The standard InChI is InChI=1S/C14H11Cl2FN2S/c1-8-10(15)3-2-4-13(8)19-14(20)18-9-5-6-12(17)11(16)7-9/h2-7H,1H3,(H2,18,19,20). The lowest BCUT2D eigenvalue weighted by atomic mass is 10.2. The van der Waals surface area contributed by atoms with Gasteiger partial charge in [0.1, 0.15) is 5.82 Å². The molecular weight excluding hydrogens is 318 g/mol. The van der Waals surface area contributed by atoms with Gasteiger partial charge in [0.05, 0.1) is 5.02 Å². The molecule has 2 N–H and O–H groups in total. The van der Waals surface area contributed by atoms with Gasteiger partial charge in [-0.3, -0.25) is 0 Å². The average Bonchev–Trinajstić information content (AvgIpc) is 2.39. The van der Waals surface area contributed by atoms with E-state index in [0.717, 1.165) is 11.3 Å². The fourth-order valence-corrected chi connectivity index (χ4v) is 2.18. The molecule has 0 fully saturated rings. The third-order valence-electron chi connectivity index (χ3n) is 2.69. The van der Waals surface area contributed by atoms with Gasteiger partial charge in [-0.05, 0) is 55.0 Å². The highest BCUT2D eigenvalue weighted by Gasteiger charge is 2.06. The molecule has 0 atom stereocenters. The zero-order valence-electron chi connectivity index (χ0n) is 10.5. The maximum absolute atomic E-state index is 13.1. The van der Waals surface area contributed by atoms with E-state index in [4.69, 9.17) is 35.4 Å². The van der Waals surface area contributed by atoms with Gasteiger partial charge in [-0.1, -0.05) is 29.3 Å². The van der Waals surface area contributed by atoms with Gasteiger partial charge in [-0.2, -0.15) is 0 Å². The molecule has 6 heteroatoms. The highest BCUT2D eigenvalue weighted by Crippen LogP contribution is 2.23. The fraction of sp³-hybridized carbons (Fsp3) is 0.0714. The van der Waals surface area contributed by atoms with Crippen molar-refractivity contribution in [3.8, 4) is 0 Å². The molecule has 20 heavy (non-hydrogen) atoms. The first-order chi connectivity index (χ1) is 9.47. The third kappa shape index (κ3) is 3.60. The number of anilines is 2. The van der Waals surface area contributed by atoms with Crippen molar-refractivity contribution in [2.45, 2.75) is 6.92 Å². The van der Waals surface area contributed by atoms with Gasteiger partial charge in [0, 0.05) is 16.4 Å². The Morgan fingerprint density at radius 2 is 1.85 bits per heavy atom. The molecule has 0 bridgehead atoms. The number of hydrogen-bond acceptors (Lipinski definition) is 1. The van der Waals surface area contributed by atoms with E-state index in [1.54, 1.807) is 12.1 Å². The number of nitrogens with one attached hydrogen (secondary N) is 2. The summed E-state index contributed by atoms with van der Waals surface area (Å²) in [4.78, 5) is 0. The maximum Gasteiger partial charge on any atom is 0.175 e. The van der Waals surface area contributed by atoms with Crippen molar-refractivity contribution in [1.29, 1.82) is 0 Å². The Balaban J connectivity index is 2.09. The van der Waals surface area contributed by atoms with Gasteiger partial charge in [0.15, 0.2) is 5.11 Å². The molecule has 0 heterocycles. The summed E-state index contributed by atoms with van der Waals surface area (Å²) in [7, 11) is 0. The van der Waals surface area contributed by atoms with Crippen LogP contribution in [0.3, 0.4) is 0 Å². The van der Waals surface area contributed by atoms with Gasteiger partial charge in [0.2, 0.25) is 0 Å². The Morgan fingerprint density at radius 1 is 1.10 bits per heavy atom. The molecule has 0 aliphatic rings. The SMILES string of the molecule is Cc1c(Cl)cccc1NC(=S)Nc1ccc(F)c(Cl)c1. The lowest BCUT2D eigenvalue weighted by Gasteiger charge is -2.13. The van der Waals surface area contributed by atoms with Gasteiger partial charge in [-0.15, -0.1) is 0 Å². The molecule has 104 valence electrons. The maximum atomic E-state index is 13.1. The molecule has 2 rings (SSSR count). The molecule has 0 aromatic heterocycles. The predicted octanol–water partition coefficient (Wildman–Crippen LogP) is 5.25. The van der Waals surface area contributed by atoms with Crippen molar-refractivity contribution in [2.24, 2.45) is 0 Å². The van der Waals surface area contributed by atoms with E-state index in [9.17, 15) is 4.39 Å². The Morgan fingerprint density at radius 3 is 2.55 bits per heavy atom. The third-order valence-corrected chi connectivity index (χ3v) is 3.60. The normalized spacial score (nSPS) is 10.2. The van der Waals surface area contributed by atoms with Crippen molar-refractivity contribution in [2.75, 3.05) is 10.6 Å². The van der Waals surface area contributed by atoms with Gasteiger partial charge in [-0.25, -0.2) is 4.39 Å². The highest BCUT2D eigenvalue weighted by atomic mass is 35.5. The Bertz CT molecular complexity index is 662. The second-order valence-corrected chi connectivity index (χ2v) is 5.34. The van der Waals surface area contributed by atoms with Crippen LogP contribution in [-0.4, -0.2) is 5.11 Å². The molecule has 0 aliphatic carbocycles. The van der Waals surface area contributed by atoms with E-state index in [0.29, 0.717) is 15.8 Å². The smallest absolute Gasteiger partial charge is 0.175 e. The molecule has 0 radical (unpaired) electrons. The van der Waals surface area contributed by atoms with E-state index >= 15 is 0 Å².